The van der Waals surface area contributed by atoms with Gasteiger partial charge in [-0.05, 0) is 42.6 Å². The molecule has 0 aliphatic heterocycles. The van der Waals surface area contributed by atoms with Gasteiger partial charge in [0.25, 0.3) is 5.56 Å². The van der Waals surface area contributed by atoms with Crippen molar-refractivity contribution >= 4 is 39.9 Å². The van der Waals surface area contributed by atoms with Crippen LogP contribution in [0.15, 0.2) is 76.0 Å². The summed E-state index contributed by atoms with van der Waals surface area (Å²) in [6.45, 7) is 1.91. The number of carbonyl (C=O) groups is 1. The lowest BCUT2D eigenvalue weighted by molar-refractivity contribution is -0.119. The molecule has 1 amide bonds. The van der Waals surface area contributed by atoms with Gasteiger partial charge in [0, 0.05) is 4.88 Å². The second-order valence-electron chi connectivity index (χ2n) is 6.60. The Hall–Kier alpha value is -2.97. The fraction of sp³-hybridized carbons (Fsp3) is 0.136. The number of hydrogen-bond acceptors (Lipinski definition) is 5. The zero-order chi connectivity index (χ0) is 21.1. The summed E-state index contributed by atoms with van der Waals surface area (Å²) in [6.07, 6.45) is 0. The summed E-state index contributed by atoms with van der Waals surface area (Å²) in [5.74, 6) is -0.674. The van der Waals surface area contributed by atoms with E-state index >= 15 is 0 Å². The lowest BCUT2D eigenvalue weighted by atomic mass is 10.2. The SMILES string of the molecule is CC(NC(=O)CSc1nc2ccccc2c(=O)n1-c1ccccc1F)c1cccs1. The van der Waals surface area contributed by atoms with E-state index in [2.05, 4.69) is 10.3 Å². The maximum atomic E-state index is 14.5. The largest absolute Gasteiger partial charge is 0.348 e. The van der Waals surface area contributed by atoms with Crippen molar-refractivity contribution in [3.05, 3.63) is 87.1 Å². The van der Waals surface area contributed by atoms with E-state index in [0.29, 0.717) is 10.9 Å². The molecule has 8 heteroatoms. The molecular formula is C22H18FN3O2S2. The third kappa shape index (κ3) is 4.15. The molecule has 0 spiro atoms. The van der Waals surface area contributed by atoms with Gasteiger partial charge in [-0.2, -0.15) is 0 Å². The normalized spacial score (nSPS) is 12.1. The van der Waals surface area contributed by atoms with Crippen LogP contribution in [0.2, 0.25) is 0 Å². The summed E-state index contributed by atoms with van der Waals surface area (Å²) in [6, 6.07) is 16.7. The first-order valence-corrected chi connectivity index (χ1v) is 11.1. The van der Waals surface area contributed by atoms with E-state index in [1.54, 1.807) is 47.7 Å². The van der Waals surface area contributed by atoms with Crippen LogP contribution < -0.4 is 10.9 Å². The predicted octanol–water partition coefficient (Wildman–Crippen LogP) is 4.56. The Morgan fingerprint density at radius 1 is 1.17 bits per heavy atom. The van der Waals surface area contributed by atoms with Gasteiger partial charge in [0.15, 0.2) is 5.16 Å². The molecule has 1 N–H and O–H groups in total. The lowest BCUT2D eigenvalue weighted by Crippen LogP contribution is -2.28. The number of thiophene rings is 1. The quantitative estimate of drug-likeness (QED) is 0.353. The molecule has 2 aromatic carbocycles. The first-order valence-electron chi connectivity index (χ1n) is 9.27. The number of para-hydroxylation sites is 2. The number of carbonyl (C=O) groups excluding carboxylic acids is 1. The number of fused-ring (bicyclic) bond motifs is 1. The molecule has 0 aliphatic rings. The highest BCUT2D eigenvalue weighted by Crippen LogP contribution is 2.23. The number of aromatic nitrogens is 2. The number of halogens is 1. The minimum absolute atomic E-state index is 0.0505. The van der Waals surface area contributed by atoms with Gasteiger partial charge >= 0.3 is 0 Å². The van der Waals surface area contributed by atoms with Crippen molar-refractivity contribution in [2.24, 2.45) is 0 Å². The number of rotatable bonds is 6. The molecule has 5 nitrogen and oxygen atoms in total. The third-order valence-corrected chi connectivity index (χ3v) is 6.51. The van der Waals surface area contributed by atoms with Gasteiger partial charge in [0.2, 0.25) is 5.91 Å². The highest BCUT2D eigenvalue weighted by molar-refractivity contribution is 7.99. The molecule has 0 saturated carbocycles. The Morgan fingerprint density at radius 2 is 1.93 bits per heavy atom. The van der Waals surface area contributed by atoms with Gasteiger partial charge in [-0.25, -0.2) is 9.37 Å². The molecular weight excluding hydrogens is 421 g/mol. The van der Waals surface area contributed by atoms with Gasteiger partial charge in [0.05, 0.1) is 28.4 Å². The second kappa shape index (κ2) is 8.81. The molecule has 0 saturated heterocycles. The lowest BCUT2D eigenvalue weighted by Gasteiger charge is -2.15. The van der Waals surface area contributed by atoms with E-state index in [1.807, 2.05) is 24.4 Å². The average molecular weight is 440 g/mol. The van der Waals surface area contributed by atoms with Gasteiger partial charge in [-0.15, -0.1) is 11.3 Å². The second-order valence-corrected chi connectivity index (χ2v) is 8.52. The summed E-state index contributed by atoms with van der Waals surface area (Å²) in [7, 11) is 0. The van der Waals surface area contributed by atoms with Crippen molar-refractivity contribution in [3.8, 4) is 5.69 Å². The number of nitrogens with zero attached hydrogens (tertiary/aromatic N) is 2. The fourth-order valence-corrected chi connectivity index (χ4v) is 4.63. The molecule has 0 radical (unpaired) electrons. The van der Waals surface area contributed by atoms with Crippen molar-refractivity contribution in [1.82, 2.24) is 14.9 Å². The minimum atomic E-state index is -0.533. The van der Waals surface area contributed by atoms with Crippen molar-refractivity contribution in [2.45, 2.75) is 18.1 Å². The van der Waals surface area contributed by atoms with E-state index in [-0.39, 0.29) is 34.1 Å². The van der Waals surface area contributed by atoms with Gasteiger partial charge in [-0.1, -0.05) is 42.1 Å². The Morgan fingerprint density at radius 3 is 2.70 bits per heavy atom. The molecule has 0 aliphatic carbocycles. The van der Waals surface area contributed by atoms with Crippen LogP contribution in [-0.4, -0.2) is 21.2 Å². The number of benzene rings is 2. The topological polar surface area (TPSA) is 64.0 Å². The monoisotopic (exact) mass is 439 g/mol. The van der Waals surface area contributed by atoms with E-state index in [0.717, 1.165) is 16.6 Å². The van der Waals surface area contributed by atoms with E-state index in [1.165, 1.54) is 16.7 Å². The van der Waals surface area contributed by atoms with Crippen molar-refractivity contribution in [1.29, 1.82) is 0 Å². The Bertz CT molecular complexity index is 1250. The summed E-state index contributed by atoms with van der Waals surface area (Å²) in [4.78, 5) is 31.2. The highest BCUT2D eigenvalue weighted by atomic mass is 32.2. The van der Waals surface area contributed by atoms with Crippen LogP contribution in [-0.2, 0) is 4.79 Å². The Labute approximate surface area is 180 Å². The summed E-state index contributed by atoms with van der Waals surface area (Å²) in [5.41, 5.74) is 0.237. The molecule has 2 aromatic heterocycles. The van der Waals surface area contributed by atoms with Crippen molar-refractivity contribution in [2.75, 3.05) is 5.75 Å². The zero-order valence-electron chi connectivity index (χ0n) is 16.0. The number of amides is 1. The predicted molar refractivity (Wildman–Crippen MR) is 119 cm³/mol. The minimum Gasteiger partial charge on any atom is -0.348 e. The third-order valence-electron chi connectivity index (χ3n) is 4.52. The summed E-state index contributed by atoms with van der Waals surface area (Å²) < 4.78 is 15.7. The van der Waals surface area contributed by atoms with Crippen LogP contribution in [0.3, 0.4) is 0 Å². The molecule has 4 rings (SSSR count). The smallest absolute Gasteiger partial charge is 0.266 e. The number of hydrogen-bond donors (Lipinski definition) is 1. The number of thioether (sulfide) groups is 1. The first kappa shape index (κ1) is 20.3. The first-order chi connectivity index (χ1) is 14.5. The molecule has 1 atom stereocenters. The average Bonchev–Trinajstić information content (AvgIpc) is 3.28. The molecule has 30 heavy (non-hydrogen) atoms. The zero-order valence-corrected chi connectivity index (χ0v) is 17.7. The van der Waals surface area contributed by atoms with E-state index < -0.39 is 5.82 Å². The maximum Gasteiger partial charge on any atom is 0.266 e. The highest BCUT2D eigenvalue weighted by Gasteiger charge is 2.18. The Kier molecular flexibility index (Phi) is 5.96. The van der Waals surface area contributed by atoms with Crippen LogP contribution in [0, 0.1) is 5.82 Å². The molecule has 2 heterocycles. The van der Waals surface area contributed by atoms with Gasteiger partial charge < -0.3 is 5.32 Å². The van der Waals surface area contributed by atoms with Crippen molar-refractivity contribution in [3.63, 3.8) is 0 Å². The maximum absolute atomic E-state index is 14.5. The van der Waals surface area contributed by atoms with E-state index in [4.69, 9.17) is 0 Å². The van der Waals surface area contributed by atoms with E-state index in [9.17, 15) is 14.0 Å². The van der Waals surface area contributed by atoms with Crippen molar-refractivity contribution < 1.29 is 9.18 Å². The van der Waals surface area contributed by atoms with Gasteiger partial charge in [0.1, 0.15) is 5.82 Å². The summed E-state index contributed by atoms with van der Waals surface area (Å²) >= 11 is 2.67. The van der Waals surface area contributed by atoms with Crippen LogP contribution in [0.5, 0.6) is 0 Å². The molecule has 152 valence electrons. The molecule has 0 fully saturated rings. The summed E-state index contributed by atoms with van der Waals surface area (Å²) in [5, 5.41) is 5.55. The number of nitrogens with one attached hydrogen (secondary N) is 1. The van der Waals surface area contributed by atoms with Crippen LogP contribution in [0.4, 0.5) is 4.39 Å². The molecule has 1 unspecified atom stereocenters. The molecule has 4 aromatic rings. The van der Waals surface area contributed by atoms with Crippen LogP contribution in [0.25, 0.3) is 16.6 Å². The van der Waals surface area contributed by atoms with Crippen LogP contribution >= 0.6 is 23.1 Å². The molecule has 0 bridgehead atoms. The Balaban J connectivity index is 1.66. The van der Waals surface area contributed by atoms with Gasteiger partial charge in [-0.3, -0.25) is 14.2 Å². The standard InChI is InChI=1S/C22H18FN3O2S2/c1-14(19-11-6-12-29-19)24-20(27)13-30-22-25-17-9-4-2-7-15(17)21(28)26(22)18-10-5-3-8-16(18)23/h2-12,14H,13H2,1H3,(H,24,27). The fourth-order valence-electron chi connectivity index (χ4n) is 3.08. The van der Waals surface area contributed by atoms with Crippen LogP contribution in [0.1, 0.15) is 17.8 Å².